The van der Waals surface area contributed by atoms with Gasteiger partial charge in [-0.2, -0.15) is 10.2 Å². The van der Waals surface area contributed by atoms with E-state index in [-0.39, 0.29) is 0 Å². The molecule has 90 valence electrons. The van der Waals surface area contributed by atoms with Crippen LogP contribution in [0.2, 0.25) is 0 Å². The van der Waals surface area contributed by atoms with Crippen molar-refractivity contribution < 1.29 is 0 Å². The molecule has 0 radical (unpaired) electrons. The maximum atomic E-state index is 4.28. The summed E-state index contributed by atoms with van der Waals surface area (Å²) in [5.74, 6) is 0. The Balaban J connectivity index is 2.46. The Kier molecular flexibility index (Phi) is 6.78. The topological polar surface area (TPSA) is 25.8 Å². The highest BCUT2D eigenvalue weighted by Crippen LogP contribution is 2.12. The zero-order chi connectivity index (χ0) is 11.6. The molecule has 0 aliphatic rings. The molecule has 1 aromatic rings. The Morgan fingerprint density at radius 2 is 1.62 bits per heavy atom. The third-order valence-electron chi connectivity index (χ3n) is 2.96. The monoisotopic (exact) mass is 220 g/mol. The second-order valence-electron chi connectivity index (χ2n) is 4.42. The van der Waals surface area contributed by atoms with Gasteiger partial charge < -0.3 is 0 Å². The minimum Gasteiger partial charge on any atom is -0.159 e. The van der Waals surface area contributed by atoms with Crippen LogP contribution >= 0.6 is 0 Å². The molecule has 1 rings (SSSR count). The summed E-state index contributed by atoms with van der Waals surface area (Å²) in [5, 5.41) is 8.28. The van der Waals surface area contributed by atoms with E-state index >= 15 is 0 Å². The lowest BCUT2D eigenvalue weighted by atomic mass is 10.0. The largest absolute Gasteiger partial charge is 0.159 e. The highest BCUT2D eigenvalue weighted by Gasteiger charge is 2.03. The standard InChI is InChI=1S/C14H24N2/c1-3-5-7-9-13-11-12-15-16-14(13)10-8-6-4-2/h11-12H,3-10H2,1-2H3. The summed E-state index contributed by atoms with van der Waals surface area (Å²) in [7, 11) is 0. The summed E-state index contributed by atoms with van der Waals surface area (Å²) < 4.78 is 0. The van der Waals surface area contributed by atoms with E-state index in [1.54, 1.807) is 0 Å². The first kappa shape index (κ1) is 13.1. The number of rotatable bonds is 8. The van der Waals surface area contributed by atoms with E-state index in [0.717, 1.165) is 6.42 Å². The van der Waals surface area contributed by atoms with Crippen molar-refractivity contribution in [2.24, 2.45) is 0 Å². The fourth-order valence-electron chi connectivity index (χ4n) is 1.93. The molecule has 0 saturated carbocycles. The quantitative estimate of drug-likeness (QED) is 0.620. The van der Waals surface area contributed by atoms with Gasteiger partial charge in [-0.3, -0.25) is 0 Å². The molecule has 1 heterocycles. The Hall–Kier alpha value is -0.920. The van der Waals surface area contributed by atoms with Gasteiger partial charge in [0, 0.05) is 6.20 Å². The lowest BCUT2D eigenvalue weighted by Gasteiger charge is -2.06. The van der Waals surface area contributed by atoms with Crippen molar-refractivity contribution in [2.45, 2.75) is 65.2 Å². The molecular weight excluding hydrogens is 196 g/mol. The first-order valence-electron chi connectivity index (χ1n) is 6.68. The van der Waals surface area contributed by atoms with Gasteiger partial charge in [-0.25, -0.2) is 0 Å². The minimum absolute atomic E-state index is 1.10. The van der Waals surface area contributed by atoms with Crippen LogP contribution in [-0.2, 0) is 12.8 Å². The number of aromatic nitrogens is 2. The average molecular weight is 220 g/mol. The van der Waals surface area contributed by atoms with Crippen LogP contribution in [-0.4, -0.2) is 10.2 Å². The minimum atomic E-state index is 1.10. The molecule has 0 fully saturated rings. The van der Waals surface area contributed by atoms with Gasteiger partial charge in [-0.15, -0.1) is 0 Å². The van der Waals surface area contributed by atoms with Gasteiger partial charge in [0.25, 0.3) is 0 Å². The van der Waals surface area contributed by atoms with Crippen LogP contribution in [0.4, 0.5) is 0 Å². The molecule has 2 heteroatoms. The molecule has 0 atom stereocenters. The molecule has 0 aliphatic heterocycles. The van der Waals surface area contributed by atoms with Gasteiger partial charge in [0.05, 0.1) is 5.69 Å². The number of unbranched alkanes of at least 4 members (excludes halogenated alkanes) is 4. The number of hydrogen-bond acceptors (Lipinski definition) is 2. The SMILES string of the molecule is CCCCCc1ccnnc1CCCCC. The van der Waals surface area contributed by atoms with E-state index in [1.807, 2.05) is 6.20 Å². The smallest absolute Gasteiger partial charge is 0.0663 e. The van der Waals surface area contributed by atoms with Crippen molar-refractivity contribution in [2.75, 3.05) is 0 Å². The number of nitrogens with zero attached hydrogens (tertiary/aromatic N) is 2. The molecule has 0 N–H and O–H groups in total. The second kappa shape index (κ2) is 8.26. The van der Waals surface area contributed by atoms with Gasteiger partial charge >= 0.3 is 0 Å². The normalized spacial score (nSPS) is 10.6. The second-order valence-corrected chi connectivity index (χ2v) is 4.42. The third-order valence-corrected chi connectivity index (χ3v) is 2.96. The molecule has 0 unspecified atom stereocenters. The maximum Gasteiger partial charge on any atom is 0.0663 e. The van der Waals surface area contributed by atoms with E-state index in [0.29, 0.717) is 0 Å². The van der Waals surface area contributed by atoms with Crippen LogP contribution in [0, 0.1) is 0 Å². The highest BCUT2D eigenvalue weighted by molar-refractivity contribution is 5.17. The Bertz CT molecular complexity index is 255. The lowest BCUT2D eigenvalue weighted by molar-refractivity contribution is 0.674. The highest BCUT2D eigenvalue weighted by atomic mass is 15.1. The van der Waals surface area contributed by atoms with Gasteiger partial charge in [0.15, 0.2) is 0 Å². The van der Waals surface area contributed by atoms with Gasteiger partial charge in [0.1, 0.15) is 0 Å². The molecule has 2 nitrogen and oxygen atoms in total. The molecule has 0 spiro atoms. The van der Waals surface area contributed by atoms with E-state index in [9.17, 15) is 0 Å². The number of aryl methyl sites for hydroxylation is 2. The molecule has 16 heavy (non-hydrogen) atoms. The summed E-state index contributed by atoms with van der Waals surface area (Å²) in [6, 6.07) is 2.14. The van der Waals surface area contributed by atoms with Crippen molar-refractivity contribution in [3.63, 3.8) is 0 Å². The fourth-order valence-corrected chi connectivity index (χ4v) is 1.93. The van der Waals surface area contributed by atoms with E-state index in [1.165, 1.54) is 56.2 Å². The fraction of sp³-hybridized carbons (Fsp3) is 0.714. The molecule has 1 aromatic heterocycles. The molecular formula is C14H24N2. The summed E-state index contributed by atoms with van der Waals surface area (Å²) >= 11 is 0. The van der Waals surface area contributed by atoms with Crippen LogP contribution in [0.5, 0.6) is 0 Å². The van der Waals surface area contributed by atoms with Gasteiger partial charge in [-0.05, 0) is 37.3 Å². The summed E-state index contributed by atoms with van der Waals surface area (Å²) in [5.41, 5.74) is 2.65. The van der Waals surface area contributed by atoms with Crippen LogP contribution in [0.1, 0.15) is 63.6 Å². The van der Waals surface area contributed by atoms with Gasteiger partial charge in [-0.1, -0.05) is 39.5 Å². The Morgan fingerprint density at radius 1 is 0.938 bits per heavy atom. The zero-order valence-corrected chi connectivity index (χ0v) is 10.7. The third kappa shape index (κ3) is 4.73. The zero-order valence-electron chi connectivity index (χ0n) is 10.7. The van der Waals surface area contributed by atoms with Crippen molar-refractivity contribution in [3.05, 3.63) is 23.5 Å². The van der Waals surface area contributed by atoms with Crippen LogP contribution in [0.25, 0.3) is 0 Å². The Morgan fingerprint density at radius 3 is 2.31 bits per heavy atom. The van der Waals surface area contributed by atoms with Gasteiger partial charge in [0.2, 0.25) is 0 Å². The first-order valence-corrected chi connectivity index (χ1v) is 6.68. The van der Waals surface area contributed by atoms with Crippen LogP contribution < -0.4 is 0 Å². The summed E-state index contributed by atoms with van der Waals surface area (Å²) in [6.07, 6.45) is 11.8. The van der Waals surface area contributed by atoms with Crippen molar-refractivity contribution in [1.29, 1.82) is 0 Å². The molecule has 0 bridgehead atoms. The van der Waals surface area contributed by atoms with E-state index in [4.69, 9.17) is 0 Å². The van der Waals surface area contributed by atoms with Crippen molar-refractivity contribution >= 4 is 0 Å². The summed E-state index contributed by atoms with van der Waals surface area (Å²) in [6.45, 7) is 4.48. The van der Waals surface area contributed by atoms with Crippen LogP contribution in [0.15, 0.2) is 12.3 Å². The maximum absolute atomic E-state index is 4.28. The lowest BCUT2D eigenvalue weighted by Crippen LogP contribution is -2.00. The summed E-state index contributed by atoms with van der Waals surface area (Å²) in [4.78, 5) is 0. The number of hydrogen-bond donors (Lipinski definition) is 0. The predicted octanol–water partition coefficient (Wildman–Crippen LogP) is 3.94. The Labute approximate surface area is 99.5 Å². The molecule has 0 aliphatic carbocycles. The van der Waals surface area contributed by atoms with E-state index < -0.39 is 0 Å². The van der Waals surface area contributed by atoms with Crippen LogP contribution in [0.3, 0.4) is 0 Å². The van der Waals surface area contributed by atoms with E-state index in [2.05, 4.69) is 30.1 Å². The average Bonchev–Trinajstić information content (AvgIpc) is 2.32. The molecule has 0 saturated heterocycles. The predicted molar refractivity (Wildman–Crippen MR) is 68.5 cm³/mol. The first-order chi connectivity index (χ1) is 7.88. The van der Waals surface area contributed by atoms with Crippen molar-refractivity contribution in [1.82, 2.24) is 10.2 Å². The molecule has 0 amide bonds. The molecule has 0 aromatic carbocycles. The van der Waals surface area contributed by atoms with Crippen molar-refractivity contribution in [3.8, 4) is 0 Å².